The van der Waals surface area contributed by atoms with Crippen LogP contribution in [0.25, 0.3) is 0 Å². The van der Waals surface area contributed by atoms with Gasteiger partial charge in [-0.25, -0.2) is 0 Å². The molecule has 0 unspecified atom stereocenters. The Morgan fingerprint density at radius 3 is 2.00 bits per heavy atom. The van der Waals surface area contributed by atoms with Crippen LogP contribution in [0, 0.1) is 0 Å². The molecule has 0 N–H and O–H groups in total. The molecule has 0 rings (SSSR count). The standard InChI is InChI=1S/C5H11F3O4SSi/c1-4-11-14(2,3)12-13(9,10)5(6,7)8/h4H2,1-3H3. The van der Waals surface area contributed by atoms with Crippen molar-refractivity contribution in [2.24, 2.45) is 0 Å². The first-order chi connectivity index (χ1) is 6.02. The first-order valence-corrected chi connectivity index (χ1v) is 7.90. The second-order valence-corrected chi connectivity index (χ2v) is 7.94. The summed E-state index contributed by atoms with van der Waals surface area (Å²) in [7, 11) is -8.80. The normalized spacial score (nSPS) is 14.4. The van der Waals surface area contributed by atoms with E-state index in [4.69, 9.17) is 4.43 Å². The Bertz CT molecular complexity index is 284. The van der Waals surface area contributed by atoms with E-state index in [0.29, 0.717) is 0 Å². The molecule has 0 atom stereocenters. The van der Waals surface area contributed by atoms with Gasteiger partial charge >= 0.3 is 24.2 Å². The fraction of sp³-hybridized carbons (Fsp3) is 1.00. The molecule has 0 aromatic rings. The summed E-state index contributed by atoms with van der Waals surface area (Å²) in [6.07, 6.45) is 0. The van der Waals surface area contributed by atoms with Gasteiger partial charge in [0.15, 0.2) is 0 Å². The van der Waals surface area contributed by atoms with Crippen LogP contribution in [-0.4, -0.2) is 29.1 Å². The van der Waals surface area contributed by atoms with Crippen molar-refractivity contribution in [3.63, 3.8) is 0 Å². The molecule has 0 saturated carbocycles. The smallest absolute Gasteiger partial charge is 0.394 e. The van der Waals surface area contributed by atoms with E-state index in [1.807, 2.05) is 0 Å². The van der Waals surface area contributed by atoms with E-state index in [0.717, 1.165) is 0 Å². The number of alkyl halides is 3. The van der Waals surface area contributed by atoms with E-state index in [9.17, 15) is 21.6 Å². The Balaban J connectivity index is 4.69. The lowest BCUT2D eigenvalue weighted by Gasteiger charge is -2.21. The zero-order valence-electron chi connectivity index (χ0n) is 7.88. The van der Waals surface area contributed by atoms with Gasteiger partial charge in [0.25, 0.3) is 0 Å². The Hall–Kier alpha value is -0.123. The molecule has 0 aliphatic carbocycles. The van der Waals surface area contributed by atoms with Gasteiger partial charge < -0.3 is 4.43 Å². The van der Waals surface area contributed by atoms with Gasteiger partial charge in [-0.15, -0.1) is 0 Å². The Morgan fingerprint density at radius 2 is 1.71 bits per heavy atom. The summed E-state index contributed by atoms with van der Waals surface area (Å²) < 4.78 is 65.5. The molecular formula is C5H11F3O4SSi. The lowest BCUT2D eigenvalue weighted by molar-refractivity contribution is -0.0512. The van der Waals surface area contributed by atoms with Crippen LogP contribution in [0.15, 0.2) is 0 Å². The number of hydrogen-bond donors (Lipinski definition) is 0. The maximum atomic E-state index is 11.9. The van der Waals surface area contributed by atoms with Crippen LogP contribution >= 0.6 is 0 Å². The van der Waals surface area contributed by atoms with Crippen molar-refractivity contribution in [2.45, 2.75) is 25.5 Å². The third kappa shape index (κ3) is 3.94. The van der Waals surface area contributed by atoms with Gasteiger partial charge in [0.2, 0.25) is 0 Å². The molecule has 14 heavy (non-hydrogen) atoms. The van der Waals surface area contributed by atoms with Crippen molar-refractivity contribution in [1.29, 1.82) is 0 Å². The van der Waals surface area contributed by atoms with E-state index in [-0.39, 0.29) is 6.61 Å². The van der Waals surface area contributed by atoms with Gasteiger partial charge in [-0.1, -0.05) is 0 Å². The molecule has 0 aromatic heterocycles. The summed E-state index contributed by atoms with van der Waals surface area (Å²) in [5.74, 6) is 0. The van der Waals surface area contributed by atoms with Crippen LogP contribution < -0.4 is 0 Å². The average Bonchev–Trinajstić information content (AvgIpc) is 1.80. The zero-order valence-corrected chi connectivity index (χ0v) is 9.70. The third-order valence-electron chi connectivity index (χ3n) is 1.09. The lowest BCUT2D eigenvalue weighted by atomic mass is 10.9. The van der Waals surface area contributed by atoms with Crippen molar-refractivity contribution < 1.29 is 29.9 Å². The second-order valence-electron chi connectivity index (χ2n) is 2.82. The largest absolute Gasteiger partial charge is 0.522 e. The maximum Gasteiger partial charge on any atom is 0.522 e. The third-order valence-corrected chi connectivity index (χ3v) is 5.12. The molecule has 0 aromatic carbocycles. The summed E-state index contributed by atoms with van der Waals surface area (Å²) in [5, 5.41) is 0. The predicted molar refractivity (Wildman–Crippen MR) is 45.2 cm³/mol. The SMILES string of the molecule is CCO[Si](C)(C)OS(=O)(=O)C(F)(F)F. The van der Waals surface area contributed by atoms with Crippen LogP contribution in [0.3, 0.4) is 0 Å². The summed E-state index contributed by atoms with van der Waals surface area (Å²) in [6, 6.07) is 0. The molecule has 0 spiro atoms. The van der Waals surface area contributed by atoms with Crippen molar-refractivity contribution in [3.8, 4) is 0 Å². The fourth-order valence-electron chi connectivity index (χ4n) is 0.683. The molecule has 0 aliphatic heterocycles. The molecule has 0 bridgehead atoms. The van der Waals surface area contributed by atoms with Gasteiger partial charge in [-0.3, -0.25) is 3.87 Å². The molecule has 4 nitrogen and oxygen atoms in total. The highest BCUT2D eigenvalue weighted by Crippen LogP contribution is 2.27. The quantitative estimate of drug-likeness (QED) is 0.563. The summed E-state index contributed by atoms with van der Waals surface area (Å²) >= 11 is 0. The highest BCUT2D eigenvalue weighted by atomic mass is 32.2. The lowest BCUT2D eigenvalue weighted by Crippen LogP contribution is -2.41. The Labute approximate surface area is 81.4 Å². The van der Waals surface area contributed by atoms with Gasteiger partial charge in [-0.05, 0) is 20.0 Å². The topological polar surface area (TPSA) is 52.6 Å². The van der Waals surface area contributed by atoms with E-state index in [1.54, 1.807) is 0 Å². The molecular weight excluding hydrogens is 241 g/mol. The maximum absolute atomic E-state index is 11.9. The Kier molecular flexibility index (Phi) is 4.13. The molecule has 9 heteroatoms. The highest BCUT2D eigenvalue weighted by Gasteiger charge is 2.50. The van der Waals surface area contributed by atoms with Crippen LogP contribution in [-0.2, 0) is 18.4 Å². The minimum absolute atomic E-state index is 0.104. The van der Waals surface area contributed by atoms with E-state index < -0.39 is 24.2 Å². The van der Waals surface area contributed by atoms with Crippen molar-refractivity contribution in [1.82, 2.24) is 0 Å². The Morgan fingerprint density at radius 1 is 1.29 bits per heavy atom. The van der Waals surface area contributed by atoms with Gasteiger partial charge in [-0.2, -0.15) is 21.6 Å². The van der Waals surface area contributed by atoms with Gasteiger partial charge in [0.1, 0.15) is 0 Å². The molecule has 0 saturated heterocycles. The number of halogens is 3. The molecule has 0 radical (unpaired) electrons. The van der Waals surface area contributed by atoms with Crippen LogP contribution in [0.4, 0.5) is 13.2 Å². The second kappa shape index (κ2) is 4.17. The fourth-order valence-corrected chi connectivity index (χ4v) is 4.06. The average molecular weight is 252 g/mol. The van der Waals surface area contributed by atoms with E-state index in [1.165, 1.54) is 20.0 Å². The van der Waals surface area contributed by atoms with Crippen molar-refractivity contribution >= 4 is 18.7 Å². The molecule has 0 amide bonds. The van der Waals surface area contributed by atoms with Crippen LogP contribution in [0.5, 0.6) is 0 Å². The monoisotopic (exact) mass is 252 g/mol. The molecule has 0 aliphatic rings. The summed E-state index contributed by atoms with van der Waals surface area (Å²) in [4.78, 5) is 0. The number of hydrogen-bond acceptors (Lipinski definition) is 4. The molecule has 0 fully saturated rings. The van der Waals surface area contributed by atoms with Crippen molar-refractivity contribution in [2.75, 3.05) is 6.61 Å². The first-order valence-electron chi connectivity index (χ1n) is 3.68. The highest BCUT2D eigenvalue weighted by molar-refractivity contribution is 7.88. The minimum atomic E-state index is -5.54. The zero-order chi connectivity index (χ0) is 11.6. The van der Waals surface area contributed by atoms with Crippen LogP contribution in [0.2, 0.25) is 13.1 Å². The van der Waals surface area contributed by atoms with E-state index >= 15 is 0 Å². The first kappa shape index (κ1) is 13.9. The summed E-state index contributed by atoms with van der Waals surface area (Å²) in [6.45, 7) is 4.09. The predicted octanol–water partition coefficient (Wildman–Crippen LogP) is 1.59. The van der Waals surface area contributed by atoms with Crippen LogP contribution in [0.1, 0.15) is 6.92 Å². The van der Waals surface area contributed by atoms with E-state index in [2.05, 4.69) is 3.87 Å². The molecule has 0 heterocycles. The molecule has 86 valence electrons. The van der Waals surface area contributed by atoms with Crippen molar-refractivity contribution in [3.05, 3.63) is 0 Å². The summed E-state index contributed by atoms with van der Waals surface area (Å²) in [5.41, 5.74) is -5.39. The van der Waals surface area contributed by atoms with Gasteiger partial charge in [0.05, 0.1) is 0 Å². The number of rotatable bonds is 4. The van der Waals surface area contributed by atoms with Gasteiger partial charge in [0, 0.05) is 6.61 Å². The minimum Gasteiger partial charge on any atom is -0.394 e.